The van der Waals surface area contributed by atoms with Crippen LogP contribution >= 0.6 is 0 Å². The van der Waals surface area contributed by atoms with Crippen LogP contribution in [-0.4, -0.2) is 18.7 Å². The van der Waals surface area contributed by atoms with Gasteiger partial charge in [0.15, 0.2) is 0 Å². The lowest BCUT2D eigenvalue weighted by Gasteiger charge is -2.40. The molecule has 0 radical (unpaired) electrons. The van der Waals surface area contributed by atoms with Gasteiger partial charge < -0.3 is 9.47 Å². The van der Waals surface area contributed by atoms with Crippen molar-refractivity contribution >= 4 is 5.97 Å². The first-order valence-corrected chi connectivity index (χ1v) is 11.2. The van der Waals surface area contributed by atoms with Crippen molar-refractivity contribution in [1.82, 2.24) is 0 Å². The fourth-order valence-electron chi connectivity index (χ4n) is 4.65. The Bertz CT molecular complexity index is 849. The second kappa shape index (κ2) is 9.93. The van der Waals surface area contributed by atoms with Gasteiger partial charge in [-0.3, -0.25) is 4.79 Å². The highest BCUT2D eigenvalue weighted by Gasteiger charge is 2.41. The maximum absolute atomic E-state index is 12.2. The minimum absolute atomic E-state index is 0.0145. The predicted octanol–water partition coefficient (Wildman–Crippen LogP) is 6.12. The Hall–Kier alpha value is -2.91. The lowest BCUT2D eigenvalue weighted by atomic mass is 9.79. The van der Waals surface area contributed by atoms with Crippen LogP contribution in [-0.2, 0) is 19.9 Å². The summed E-state index contributed by atoms with van der Waals surface area (Å²) in [5.74, 6) is -0.0826. The van der Waals surface area contributed by atoms with Crippen molar-refractivity contribution in [2.75, 3.05) is 6.61 Å². The molecule has 0 saturated heterocycles. The summed E-state index contributed by atoms with van der Waals surface area (Å²) in [5.41, 5.74) is 2.63. The van der Waals surface area contributed by atoms with Crippen LogP contribution in [0.25, 0.3) is 0 Å². The number of carbonyl (C=O) groups is 1. The molecule has 0 atom stereocenters. The van der Waals surface area contributed by atoms with Crippen molar-refractivity contribution in [1.29, 1.82) is 0 Å². The van der Waals surface area contributed by atoms with E-state index < -0.39 is 5.60 Å². The van der Waals surface area contributed by atoms with E-state index in [-0.39, 0.29) is 18.0 Å². The van der Waals surface area contributed by atoms with Crippen molar-refractivity contribution in [2.45, 2.75) is 44.3 Å². The molecule has 31 heavy (non-hydrogen) atoms. The van der Waals surface area contributed by atoms with Crippen molar-refractivity contribution in [2.24, 2.45) is 5.92 Å². The second-order valence-electron chi connectivity index (χ2n) is 8.12. The molecule has 1 aliphatic carbocycles. The van der Waals surface area contributed by atoms with Gasteiger partial charge in [-0.2, -0.15) is 0 Å². The molecule has 0 spiro atoms. The van der Waals surface area contributed by atoms with Gasteiger partial charge in [0.25, 0.3) is 0 Å². The van der Waals surface area contributed by atoms with Gasteiger partial charge in [0.05, 0.1) is 18.6 Å². The molecule has 0 aliphatic heterocycles. The first-order chi connectivity index (χ1) is 15.2. The molecule has 0 unspecified atom stereocenters. The maximum atomic E-state index is 12.2. The Morgan fingerprint density at radius 2 is 1.16 bits per heavy atom. The predicted molar refractivity (Wildman–Crippen MR) is 123 cm³/mol. The highest BCUT2D eigenvalue weighted by atomic mass is 16.5. The summed E-state index contributed by atoms with van der Waals surface area (Å²) < 4.78 is 12.3. The zero-order valence-electron chi connectivity index (χ0n) is 18.1. The standard InChI is InChI=1S/C28H30O3/c1-2-30-27(29)22-18-20-26(21-19-22)31-28(23-12-6-3-7-13-23,24-14-8-4-9-15-24)25-16-10-5-11-17-25/h3-17,22,26H,2,18-21H2,1H3. The molecule has 3 aromatic rings. The van der Waals surface area contributed by atoms with Crippen LogP contribution in [0.1, 0.15) is 49.3 Å². The third kappa shape index (κ3) is 4.57. The molecule has 0 bridgehead atoms. The van der Waals surface area contributed by atoms with Gasteiger partial charge in [0, 0.05) is 0 Å². The molecule has 1 aliphatic rings. The molecule has 3 heteroatoms. The van der Waals surface area contributed by atoms with Crippen LogP contribution in [0.15, 0.2) is 91.0 Å². The fourth-order valence-corrected chi connectivity index (χ4v) is 4.65. The van der Waals surface area contributed by atoms with E-state index in [4.69, 9.17) is 9.47 Å². The Morgan fingerprint density at radius 1 is 0.742 bits per heavy atom. The third-order valence-electron chi connectivity index (χ3n) is 6.18. The molecule has 1 saturated carbocycles. The fraction of sp³-hybridized carbons (Fsp3) is 0.321. The van der Waals surface area contributed by atoms with Gasteiger partial charge in [-0.15, -0.1) is 0 Å². The quantitative estimate of drug-likeness (QED) is 0.345. The van der Waals surface area contributed by atoms with Crippen LogP contribution < -0.4 is 0 Å². The van der Waals surface area contributed by atoms with Crippen LogP contribution in [0.3, 0.4) is 0 Å². The van der Waals surface area contributed by atoms with E-state index in [1.165, 1.54) is 0 Å². The lowest BCUT2D eigenvalue weighted by Crippen LogP contribution is -2.39. The zero-order chi connectivity index (χ0) is 21.5. The largest absolute Gasteiger partial charge is 0.466 e. The molecule has 3 aromatic carbocycles. The highest BCUT2D eigenvalue weighted by Crippen LogP contribution is 2.43. The summed E-state index contributed by atoms with van der Waals surface area (Å²) in [6, 6.07) is 31.4. The average molecular weight is 415 g/mol. The molecule has 1 fully saturated rings. The molecule has 4 rings (SSSR count). The first-order valence-electron chi connectivity index (χ1n) is 11.2. The molecule has 0 aromatic heterocycles. The van der Waals surface area contributed by atoms with Crippen LogP contribution in [0.4, 0.5) is 0 Å². The van der Waals surface area contributed by atoms with Crippen LogP contribution in [0.5, 0.6) is 0 Å². The smallest absolute Gasteiger partial charge is 0.308 e. The van der Waals surface area contributed by atoms with Gasteiger partial charge in [0.2, 0.25) is 0 Å². The Kier molecular flexibility index (Phi) is 6.83. The summed E-state index contributed by atoms with van der Waals surface area (Å²) in [4.78, 5) is 12.2. The zero-order valence-corrected chi connectivity index (χ0v) is 18.1. The lowest BCUT2D eigenvalue weighted by molar-refractivity contribution is -0.151. The third-order valence-corrected chi connectivity index (χ3v) is 6.18. The normalized spacial score (nSPS) is 19.0. The Labute approximate surface area is 185 Å². The molecular weight excluding hydrogens is 384 g/mol. The number of hydrogen-bond acceptors (Lipinski definition) is 3. The molecule has 0 heterocycles. The molecule has 0 amide bonds. The number of carbonyl (C=O) groups excluding carboxylic acids is 1. The van der Waals surface area contributed by atoms with Gasteiger partial charge >= 0.3 is 5.97 Å². The van der Waals surface area contributed by atoms with E-state index >= 15 is 0 Å². The number of benzene rings is 3. The van der Waals surface area contributed by atoms with Gasteiger partial charge in [0.1, 0.15) is 5.60 Å². The summed E-state index contributed by atoms with van der Waals surface area (Å²) >= 11 is 0. The second-order valence-corrected chi connectivity index (χ2v) is 8.12. The minimum atomic E-state index is -0.703. The molecular formula is C28H30O3. The Morgan fingerprint density at radius 3 is 1.55 bits per heavy atom. The van der Waals surface area contributed by atoms with Crippen molar-refractivity contribution in [3.05, 3.63) is 108 Å². The number of ether oxygens (including phenoxy) is 2. The van der Waals surface area contributed by atoms with Crippen molar-refractivity contribution < 1.29 is 14.3 Å². The minimum Gasteiger partial charge on any atom is -0.466 e. The van der Waals surface area contributed by atoms with Gasteiger partial charge in [-0.1, -0.05) is 91.0 Å². The summed E-state index contributed by atoms with van der Waals surface area (Å²) in [7, 11) is 0. The summed E-state index contributed by atoms with van der Waals surface area (Å²) in [6.07, 6.45) is 3.36. The van der Waals surface area contributed by atoms with Crippen LogP contribution in [0.2, 0.25) is 0 Å². The SMILES string of the molecule is CCOC(=O)C1CCC(OC(c2ccccc2)(c2ccccc2)c2ccccc2)CC1. The van der Waals surface area contributed by atoms with Crippen molar-refractivity contribution in [3.63, 3.8) is 0 Å². The van der Waals surface area contributed by atoms with E-state index in [1.807, 2.05) is 25.1 Å². The number of rotatable bonds is 7. The van der Waals surface area contributed by atoms with E-state index in [2.05, 4.69) is 72.8 Å². The highest BCUT2D eigenvalue weighted by molar-refractivity contribution is 5.72. The number of esters is 1. The summed E-state index contributed by atoms with van der Waals surface area (Å²) in [6.45, 7) is 2.30. The molecule has 160 valence electrons. The topological polar surface area (TPSA) is 35.5 Å². The van der Waals surface area contributed by atoms with E-state index in [0.717, 1.165) is 42.4 Å². The van der Waals surface area contributed by atoms with E-state index in [0.29, 0.717) is 6.61 Å². The average Bonchev–Trinajstić information content (AvgIpc) is 2.85. The molecule has 3 nitrogen and oxygen atoms in total. The maximum Gasteiger partial charge on any atom is 0.308 e. The van der Waals surface area contributed by atoms with Gasteiger partial charge in [-0.25, -0.2) is 0 Å². The molecule has 0 N–H and O–H groups in total. The first kappa shape index (κ1) is 21.3. The van der Waals surface area contributed by atoms with Gasteiger partial charge in [-0.05, 0) is 49.3 Å². The summed E-state index contributed by atoms with van der Waals surface area (Å²) in [5, 5.41) is 0. The monoisotopic (exact) mass is 414 g/mol. The van der Waals surface area contributed by atoms with E-state index in [1.54, 1.807) is 0 Å². The van der Waals surface area contributed by atoms with Crippen LogP contribution in [0, 0.1) is 5.92 Å². The van der Waals surface area contributed by atoms with E-state index in [9.17, 15) is 4.79 Å². The van der Waals surface area contributed by atoms with Crippen molar-refractivity contribution in [3.8, 4) is 0 Å². The Balaban J connectivity index is 1.71. The number of hydrogen-bond donors (Lipinski definition) is 0.